The number of carbonyl (C=O) groups excluding carboxylic acids is 1. The highest BCUT2D eigenvalue weighted by Gasteiger charge is 2.11. The van der Waals surface area contributed by atoms with Crippen molar-refractivity contribution >= 4 is 16.9 Å². The van der Waals surface area contributed by atoms with Crippen molar-refractivity contribution in [1.82, 2.24) is 24.8 Å². The SMILES string of the molecule is CCc1ncncc1C(=O)NCCn1cnc2ccccc21. The van der Waals surface area contributed by atoms with Crippen LogP contribution in [0.1, 0.15) is 23.0 Å². The van der Waals surface area contributed by atoms with Crippen LogP contribution in [0.4, 0.5) is 0 Å². The molecule has 0 aliphatic carbocycles. The number of benzene rings is 1. The van der Waals surface area contributed by atoms with Crippen molar-refractivity contribution in [2.75, 3.05) is 6.54 Å². The van der Waals surface area contributed by atoms with Gasteiger partial charge >= 0.3 is 0 Å². The monoisotopic (exact) mass is 295 g/mol. The Morgan fingerprint density at radius 2 is 2.14 bits per heavy atom. The number of para-hydroxylation sites is 2. The second-order valence-corrected chi connectivity index (χ2v) is 4.92. The molecule has 0 unspecified atom stereocenters. The Morgan fingerprint density at radius 1 is 1.27 bits per heavy atom. The van der Waals surface area contributed by atoms with Crippen LogP contribution in [0.2, 0.25) is 0 Å². The molecule has 0 saturated carbocycles. The van der Waals surface area contributed by atoms with E-state index in [4.69, 9.17) is 0 Å². The molecule has 112 valence electrons. The Balaban J connectivity index is 1.64. The minimum atomic E-state index is -0.137. The summed E-state index contributed by atoms with van der Waals surface area (Å²) in [5.41, 5.74) is 3.33. The molecular weight excluding hydrogens is 278 g/mol. The van der Waals surface area contributed by atoms with E-state index in [1.165, 1.54) is 6.33 Å². The molecule has 6 nitrogen and oxygen atoms in total. The molecule has 0 bridgehead atoms. The van der Waals surface area contributed by atoms with Crippen LogP contribution in [-0.4, -0.2) is 32.0 Å². The smallest absolute Gasteiger partial charge is 0.254 e. The van der Waals surface area contributed by atoms with Crippen LogP contribution in [0.15, 0.2) is 43.1 Å². The molecule has 2 aromatic heterocycles. The average molecular weight is 295 g/mol. The summed E-state index contributed by atoms with van der Waals surface area (Å²) < 4.78 is 2.03. The van der Waals surface area contributed by atoms with Crippen molar-refractivity contribution in [2.24, 2.45) is 0 Å². The third-order valence-corrected chi connectivity index (χ3v) is 3.54. The minimum Gasteiger partial charge on any atom is -0.350 e. The first-order chi connectivity index (χ1) is 10.8. The molecule has 2 heterocycles. The minimum absolute atomic E-state index is 0.137. The van der Waals surface area contributed by atoms with Gasteiger partial charge < -0.3 is 9.88 Å². The second-order valence-electron chi connectivity index (χ2n) is 4.92. The van der Waals surface area contributed by atoms with Gasteiger partial charge in [0.15, 0.2) is 0 Å². The van der Waals surface area contributed by atoms with Crippen LogP contribution < -0.4 is 5.32 Å². The molecule has 0 radical (unpaired) electrons. The fourth-order valence-electron chi connectivity index (χ4n) is 2.40. The average Bonchev–Trinajstić information content (AvgIpc) is 2.98. The van der Waals surface area contributed by atoms with Crippen LogP contribution in [0, 0.1) is 0 Å². The van der Waals surface area contributed by atoms with Gasteiger partial charge in [0.05, 0.1) is 28.6 Å². The first kappa shape index (κ1) is 14.2. The van der Waals surface area contributed by atoms with Gasteiger partial charge in [0.2, 0.25) is 0 Å². The molecule has 0 fully saturated rings. The number of amides is 1. The zero-order valence-electron chi connectivity index (χ0n) is 12.4. The van der Waals surface area contributed by atoms with E-state index in [0.717, 1.165) is 16.7 Å². The molecule has 0 aliphatic rings. The van der Waals surface area contributed by atoms with Crippen LogP contribution in [0.25, 0.3) is 11.0 Å². The highest BCUT2D eigenvalue weighted by Crippen LogP contribution is 2.11. The zero-order chi connectivity index (χ0) is 15.4. The lowest BCUT2D eigenvalue weighted by molar-refractivity contribution is 0.0950. The lowest BCUT2D eigenvalue weighted by Crippen LogP contribution is -2.28. The number of nitrogens with one attached hydrogen (secondary N) is 1. The normalized spacial score (nSPS) is 10.8. The van der Waals surface area contributed by atoms with Gasteiger partial charge in [-0.15, -0.1) is 0 Å². The largest absolute Gasteiger partial charge is 0.350 e. The molecule has 3 aromatic rings. The molecule has 3 rings (SSSR count). The van der Waals surface area contributed by atoms with Crippen molar-refractivity contribution in [1.29, 1.82) is 0 Å². The van der Waals surface area contributed by atoms with Crippen LogP contribution in [0.5, 0.6) is 0 Å². The van der Waals surface area contributed by atoms with Gasteiger partial charge in [-0.1, -0.05) is 19.1 Å². The number of hydrogen-bond donors (Lipinski definition) is 1. The number of nitrogens with zero attached hydrogens (tertiary/aromatic N) is 4. The van der Waals surface area contributed by atoms with Gasteiger partial charge in [-0.25, -0.2) is 15.0 Å². The van der Waals surface area contributed by atoms with E-state index in [1.807, 2.05) is 35.8 Å². The maximum atomic E-state index is 12.2. The molecule has 1 aromatic carbocycles. The van der Waals surface area contributed by atoms with Crippen molar-refractivity contribution in [3.63, 3.8) is 0 Å². The van der Waals surface area contributed by atoms with E-state index in [0.29, 0.717) is 25.1 Å². The van der Waals surface area contributed by atoms with Gasteiger partial charge in [-0.2, -0.15) is 0 Å². The Morgan fingerprint density at radius 3 is 3.00 bits per heavy atom. The van der Waals surface area contributed by atoms with E-state index in [9.17, 15) is 4.79 Å². The summed E-state index contributed by atoms with van der Waals surface area (Å²) in [7, 11) is 0. The van der Waals surface area contributed by atoms with E-state index in [2.05, 4.69) is 20.3 Å². The summed E-state index contributed by atoms with van der Waals surface area (Å²) in [6, 6.07) is 7.93. The Hall–Kier alpha value is -2.76. The molecule has 0 saturated heterocycles. The number of fused-ring (bicyclic) bond motifs is 1. The first-order valence-electron chi connectivity index (χ1n) is 7.26. The van der Waals surface area contributed by atoms with E-state index >= 15 is 0 Å². The van der Waals surface area contributed by atoms with Crippen molar-refractivity contribution in [3.8, 4) is 0 Å². The van der Waals surface area contributed by atoms with Crippen molar-refractivity contribution < 1.29 is 4.79 Å². The summed E-state index contributed by atoms with van der Waals surface area (Å²) >= 11 is 0. The molecule has 0 spiro atoms. The summed E-state index contributed by atoms with van der Waals surface area (Å²) in [6.07, 6.45) is 5.53. The Bertz CT molecular complexity index is 796. The number of imidazole rings is 1. The van der Waals surface area contributed by atoms with Gasteiger partial charge in [0, 0.05) is 19.3 Å². The molecule has 0 aliphatic heterocycles. The standard InChI is InChI=1S/C16H17N5O/c1-2-13-12(9-17-10-19-13)16(22)18-7-8-21-11-20-14-5-3-4-6-15(14)21/h3-6,9-11H,2,7-8H2,1H3,(H,18,22). The van der Waals surface area contributed by atoms with Gasteiger partial charge in [-0.3, -0.25) is 4.79 Å². The summed E-state index contributed by atoms with van der Waals surface area (Å²) in [6.45, 7) is 3.16. The molecule has 0 atom stereocenters. The van der Waals surface area contributed by atoms with Crippen LogP contribution in [-0.2, 0) is 13.0 Å². The summed E-state index contributed by atoms with van der Waals surface area (Å²) in [5.74, 6) is -0.137. The van der Waals surface area contributed by atoms with Gasteiger partial charge in [0.25, 0.3) is 5.91 Å². The van der Waals surface area contributed by atoms with Crippen LogP contribution in [0.3, 0.4) is 0 Å². The highest BCUT2D eigenvalue weighted by atomic mass is 16.1. The third-order valence-electron chi connectivity index (χ3n) is 3.54. The predicted octanol–water partition coefficient (Wildman–Crippen LogP) is 1.82. The number of rotatable bonds is 5. The van der Waals surface area contributed by atoms with Gasteiger partial charge in [0.1, 0.15) is 6.33 Å². The fourth-order valence-corrected chi connectivity index (χ4v) is 2.40. The van der Waals surface area contributed by atoms with Crippen LogP contribution >= 0.6 is 0 Å². The molecular formula is C16H17N5O. The predicted molar refractivity (Wildman–Crippen MR) is 83.5 cm³/mol. The summed E-state index contributed by atoms with van der Waals surface area (Å²) in [4.78, 5) is 24.6. The van der Waals surface area contributed by atoms with Crippen molar-refractivity contribution in [2.45, 2.75) is 19.9 Å². The third kappa shape index (κ3) is 2.81. The lowest BCUT2D eigenvalue weighted by Gasteiger charge is -2.08. The second kappa shape index (κ2) is 6.34. The Labute approximate surface area is 128 Å². The quantitative estimate of drug-likeness (QED) is 0.779. The fraction of sp³-hybridized carbons (Fsp3) is 0.250. The number of carbonyl (C=O) groups is 1. The molecule has 6 heteroatoms. The first-order valence-corrected chi connectivity index (χ1v) is 7.26. The Kier molecular flexibility index (Phi) is 4.09. The number of aromatic nitrogens is 4. The zero-order valence-corrected chi connectivity index (χ0v) is 12.4. The van der Waals surface area contributed by atoms with Crippen molar-refractivity contribution in [3.05, 3.63) is 54.4 Å². The molecule has 1 amide bonds. The maximum absolute atomic E-state index is 12.2. The van der Waals surface area contributed by atoms with Gasteiger partial charge in [-0.05, 0) is 18.6 Å². The van der Waals surface area contributed by atoms with E-state index in [-0.39, 0.29) is 5.91 Å². The maximum Gasteiger partial charge on any atom is 0.254 e. The molecule has 1 N–H and O–H groups in total. The van der Waals surface area contributed by atoms with E-state index in [1.54, 1.807) is 12.5 Å². The van der Waals surface area contributed by atoms with E-state index < -0.39 is 0 Å². The molecule has 22 heavy (non-hydrogen) atoms. The topological polar surface area (TPSA) is 72.7 Å². The number of hydrogen-bond acceptors (Lipinski definition) is 4. The highest BCUT2D eigenvalue weighted by molar-refractivity contribution is 5.94. The summed E-state index contributed by atoms with van der Waals surface area (Å²) in [5, 5.41) is 2.91. The number of aryl methyl sites for hydroxylation is 1. The lowest BCUT2D eigenvalue weighted by atomic mass is 10.2.